The number of hydrogen-bond donors (Lipinski definition) is 1. The van der Waals surface area contributed by atoms with E-state index in [1.165, 1.54) is 32.1 Å². The molecule has 1 aliphatic carbocycles. The van der Waals surface area contributed by atoms with Crippen LogP contribution in [0.25, 0.3) is 0 Å². The van der Waals surface area contributed by atoms with E-state index in [9.17, 15) is 0 Å². The fraction of sp³-hybridized carbons (Fsp3) is 0.929. The van der Waals surface area contributed by atoms with Crippen molar-refractivity contribution < 1.29 is 4.74 Å². The Morgan fingerprint density at radius 2 is 2.26 bits per heavy atom. The van der Waals surface area contributed by atoms with Crippen molar-refractivity contribution in [3.63, 3.8) is 0 Å². The van der Waals surface area contributed by atoms with Gasteiger partial charge in [-0.2, -0.15) is 0 Å². The summed E-state index contributed by atoms with van der Waals surface area (Å²) in [6, 6.07) is 0. The fourth-order valence-electron chi connectivity index (χ4n) is 3.35. The van der Waals surface area contributed by atoms with Crippen molar-refractivity contribution in [3.8, 4) is 0 Å². The van der Waals surface area contributed by atoms with Crippen LogP contribution in [0.15, 0.2) is 4.99 Å². The van der Waals surface area contributed by atoms with Crippen LogP contribution in [0.5, 0.6) is 0 Å². The summed E-state index contributed by atoms with van der Waals surface area (Å²) in [5.41, 5.74) is 0.425. The average molecular weight is 379 g/mol. The molecular formula is C14H26IN3O. The average Bonchev–Trinajstić information content (AvgIpc) is 2.94. The van der Waals surface area contributed by atoms with Crippen molar-refractivity contribution >= 4 is 29.9 Å². The molecule has 0 amide bonds. The SMILES string of the molecule is CN=C(NCC1CCC1)N1CCC2(CCOC2)C1.I. The molecule has 1 saturated carbocycles. The van der Waals surface area contributed by atoms with Gasteiger partial charge in [0.1, 0.15) is 0 Å². The van der Waals surface area contributed by atoms with Gasteiger partial charge in [-0.15, -0.1) is 24.0 Å². The maximum Gasteiger partial charge on any atom is 0.193 e. The second kappa shape index (κ2) is 6.61. The van der Waals surface area contributed by atoms with E-state index in [1.54, 1.807) is 0 Å². The first-order valence-electron chi connectivity index (χ1n) is 7.35. The minimum atomic E-state index is 0. The monoisotopic (exact) mass is 379 g/mol. The zero-order valence-electron chi connectivity index (χ0n) is 11.9. The van der Waals surface area contributed by atoms with Gasteiger partial charge in [0.25, 0.3) is 0 Å². The highest BCUT2D eigenvalue weighted by Gasteiger charge is 2.42. The smallest absolute Gasteiger partial charge is 0.193 e. The molecule has 0 aromatic heterocycles. The van der Waals surface area contributed by atoms with Crippen molar-refractivity contribution in [1.29, 1.82) is 0 Å². The van der Waals surface area contributed by atoms with Crippen LogP contribution in [0.4, 0.5) is 0 Å². The fourth-order valence-corrected chi connectivity index (χ4v) is 3.35. The number of rotatable bonds is 2. The van der Waals surface area contributed by atoms with E-state index in [0.29, 0.717) is 5.41 Å². The number of nitrogens with zero attached hydrogens (tertiary/aromatic N) is 2. The van der Waals surface area contributed by atoms with Crippen LogP contribution in [0.3, 0.4) is 0 Å². The maximum absolute atomic E-state index is 5.58. The Labute approximate surface area is 133 Å². The predicted octanol–water partition coefficient (Wildman–Crippen LogP) is 2.09. The number of halogens is 1. The molecule has 19 heavy (non-hydrogen) atoms. The zero-order chi connectivity index (χ0) is 12.4. The summed E-state index contributed by atoms with van der Waals surface area (Å²) in [5, 5.41) is 3.55. The first-order valence-corrected chi connectivity index (χ1v) is 7.35. The number of nitrogens with one attached hydrogen (secondary N) is 1. The third-order valence-electron chi connectivity index (χ3n) is 4.91. The van der Waals surface area contributed by atoms with E-state index in [2.05, 4.69) is 15.2 Å². The molecule has 0 radical (unpaired) electrons. The minimum absolute atomic E-state index is 0. The highest BCUT2D eigenvalue weighted by atomic mass is 127. The molecule has 3 fully saturated rings. The van der Waals surface area contributed by atoms with Crippen LogP contribution in [-0.4, -0.2) is 50.8 Å². The molecule has 0 bridgehead atoms. The Morgan fingerprint density at radius 3 is 2.84 bits per heavy atom. The van der Waals surface area contributed by atoms with E-state index < -0.39 is 0 Å². The van der Waals surface area contributed by atoms with Gasteiger partial charge in [0.05, 0.1) is 6.61 Å². The van der Waals surface area contributed by atoms with E-state index >= 15 is 0 Å². The lowest BCUT2D eigenvalue weighted by Gasteiger charge is -2.29. The van der Waals surface area contributed by atoms with E-state index in [-0.39, 0.29) is 24.0 Å². The van der Waals surface area contributed by atoms with Crippen LogP contribution in [0.1, 0.15) is 32.1 Å². The van der Waals surface area contributed by atoms with Crippen molar-refractivity contribution in [1.82, 2.24) is 10.2 Å². The van der Waals surface area contributed by atoms with Crippen LogP contribution >= 0.6 is 24.0 Å². The molecule has 4 nitrogen and oxygen atoms in total. The van der Waals surface area contributed by atoms with Crippen LogP contribution in [0.2, 0.25) is 0 Å². The van der Waals surface area contributed by atoms with Crippen LogP contribution < -0.4 is 5.32 Å². The summed E-state index contributed by atoms with van der Waals surface area (Å²) in [5.74, 6) is 1.99. The molecule has 2 saturated heterocycles. The van der Waals surface area contributed by atoms with Gasteiger partial charge in [0, 0.05) is 38.7 Å². The van der Waals surface area contributed by atoms with E-state index in [0.717, 1.165) is 44.7 Å². The van der Waals surface area contributed by atoms with E-state index in [1.807, 2.05) is 7.05 Å². The molecule has 2 aliphatic heterocycles. The first kappa shape index (κ1) is 15.4. The van der Waals surface area contributed by atoms with Crippen molar-refractivity contribution in [2.75, 3.05) is 39.9 Å². The van der Waals surface area contributed by atoms with Crippen LogP contribution in [-0.2, 0) is 4.74 Å². The second-order valence-corrected chi connectivity index (χ2v) is 6.20. The number of ether oxygens (including phenoxy) is 1. The van der Waals surface area contributed by atoms with Gasteiger partial charge in [0.2, 0.25) is 0 Å². The Bertz CT molecular complexity index is 325. The summed E-state index contributed by atoms with van der Waals surface area (Å²) in [4.78, 5) is 6.87. The molecule has 3 rings (SSSR count). The standard InChI is InChI=1S/C14H25N3O.HI/c1-15-13(16-9-12-3-2-4-12)17-7-5-14(10-17)6-8-18-11-14;/h12H,2-11H2,1H3,(H,15,16);1H. The Balaban J connectivity index is 0.00000133. The van der Waals surface area contributed by atoms with Gasteiger partial charge >= 0.3 is 0 Å². The lowest BCUT2D eigenvalue weighted by Crippen LogP contribution is -2.43. The van der Waals surface area contributed by atoms with Gasteiger partial charge in [0.15, 0.2) is 5.96 Å². The van der Waals surface area contributed by atoms with E-state index in [4.69, 9.17) is 4.74 Å². The van der Waals surface area contributed by atoms with Gasteiger partial charge in [-0.1, -0.05) is 6.42 Å². The Kier molecular flexibility index (Phi) is 5.34. The summed E-state index contributed by atoms with van der Waals surface area (Å²) in [6.07, 6.45) is 6.68. The maximum atomic E-state index is 5.58. The lowest BCUT2D eigenvalue weighted by molar-refractivity contribution is 0.156. The quantitative estimate of drug-likeness (QED) is 0.454. The molecule has 110 valence electrons. The number of likely N-dealkylation sites (tertiary alicyclic amines) is 1. The molecule has 1 atom stereocenters. The summed E-state index contributed by atoms with van der Waals surface area (Å²) in [6.45, 7) is 5.25. The second-order valence-electron chi connectivity index (χ2n) is 6.20. The Morgan fingerprint density at radius 1 is 1.42 bits per heavy atom. The van der Waals surface area contributed by atoms with Gasteiger partial charge in [-0.05, 0) is 31.6 Å². The summed E-state index contributed by atoms with van der Waals surface area (Å²) >= 11 is 0. The van der Waals surface area contributed by atoms with Gasteiger partial charge < -0.3 is 15.0 Å². The Hall–Kier alpha value is -0.0400. The molecule has 5 heteroatoms. The topological polar surface area (TPSA) is 36.9 Å². The molecular weight excluding hydrogens is 353 g/mol. The predicted molar refractivity (Wildman–Crippen MR) is 88.2 cm³/mol. The minimum Gasteiger partial charge on any atom is -0.381 e. The van der Waals surface area contributed by atoms with Crippen LogP contribution in [0, 0.1) is 11.3 Å². The molecule has 0 aromatic carbocycles. The largest absolute Gasteiger partial charge is 0.381 e. The number of guanidine groups is 1. The highest BCUT2D eigenvalue weighted by Crippen LogP contribution is 2.38. The number of aliphatic imine (C=N–C) groups is 1. The third-order valence-corrected chi connectivity index (χ3v) is 4.91. The number of hydrogen-bond acceptors (Lipinski definition) is 2. The molecule has 3 aliphatic rings. The summed E-state index contributed by atoms with van der Waals surface area (Å²) in [7, 11) is 1.90. The molecule has 1 unspecified atom stereocenters. The first-order chi connectivity index (χ1) is 8.81. The summed E-state index contributed by atoms with van der Waals surface area (Å²) < 4.78 is 5.58. The third kappa shape index (κ3) is 3.35. The van der Waals surface area contributed by atoms with Crippen molar-refractivity contribution in [2.24, 2.45) is 16.3 Å². The van der Waals surface area contributed by atoms with Gasteiger partial charge in [-0.3, -0.25) is 4.99 Å². The van der Waals surface area contributed by atoms with Gasteiger partial charge in [-0.25, -0.2) is 0 Å². The highest BCUT2D eigenvalue weighted by molar-refractivity contribution is 14.0. The molecule has 2 heterocycles. The normalized spacial score (nSPS) is 31.4. The van der Waals surface area contributed by atoms with Crippen molar-refractivity contribution in [2.45, 2.75) is 32.1 Å². The van der Waals surface area contributed by atoms with Crippen molar-refractivity contribution in [3.05, 3.63) is 0 Å². The molecule has 0 aromatic rings. The molecule has 1 N–H and O–H groups in total. The molecule has 1 spiro atoms. The lowest BCUT2D eigenvalue weighted by atomic mass is 9.85. The zero-order valence-corrected chi connectivity index (χ0v) is 14.2.